The summed E-state index contributed by atoms with van der Waals surface area (Å²) in [6, 6.07) is 2.15. The molecule has 4 heterocycles. The summed E-state index contributed by atoms with van der Waals surface area (Å²) in [7, 11) is 0. The molecule has 23 heavy (non-hydrogen) atoms. The molecule has 2 aliphatic rings. The van der Waals surface area contributed by atoms with E-state index < -0.39 is 0 Å². The van der Waals surface area contributed by atoms with Gasteiger partial charge in [0.25, 0.3) is 0 Å². The molecule has 6 nitrogen and oxygen atoms in total. The lowest BCUT2D eigenvalue weighted by Gasteiger charge is -2.22. The van der Waals surface area contributed by atoms with Crippen molar-refractivity contribution in [2.24, 2.45) is 11.8 Å². The van der Waals surface area contributed by atoms with Gasteiger partial charge in [0.05, 0.1) is 5.69 Å². The number of fused-ring (bicyclic) bond motifs is 1. The van der Waals surface area contributed by atoms with Crippen molar-refractivity contribution in [3.8, 4) is 0 Å². The molecule has 0 amide bonds. The molecule has 2 aliphatic heterocycles. The van der Waals surface area contributed by atoms with Crippen LogP contribution in [0.4, 0.5) is 5.82 Å². The first-order valence-electron chi connectivity index (χ1n) is 8.35. The molecule has 2 atom stereocenters. The van der Waals surface area contributed by atoms with Crippen LogP contribution in [-0.2, 0) is 6.54 Å². The largest absolute Gasteiger partial charge is 0.451 e. The number of hydrogen-bond donors (Lipinski definition) is 0. The summed E-state index contributed by atoms with van der Waals surface area (Å²) in [5.74, 6) is 2.97. The van der Waals surface area contributed by atoms with Gasteiger partial charge in [-0.05, 0) is 17.8 Å². The number of nitrogens with zero attached hydrogens (tertiary/aromatic N) is 5. The van der Waals surface area contributed by atoms with E-state index in [0.717, 1.165) is 61.8 Å². The van der Waals surface area contributed by atoms with Gasteiger partial charge in [0.15, 0.2) is 6.39 Å². The van der Waals surface area contributed by atoms with Crippen molar-refractivity contribution in [2.75, 3.05) is 31.1 Å². The second-order valence-electron chi connectivity index (χ2n) is 7.05. The van der Waals surface area contributed by atoms with Gasteiger partial charge in [0.1, 0.15) is 18.4 Å². The van der Waals surface area contributed by atoms with Crippen LogP contribution < -0.4 is 4.90 Å². The Bertz CT molecular complexity index is 643. The van der Waals surface area contributed by atoms with Crippen molar-refractivity contribution < 1.29 is 4.42 Å². The maximum absolute atomic E-state index is 5.06. The van der Waals surface area contributed by atoms with Crippen LogP contribution in [-0.4, -0.2) is 46.0 Å². The molecule has 122 valence electrons. The fourth-order valence-electron chi connectivity index (χ4n) is 3.80. The summed E-state index contributed by atoms with van der Waals surface area (Å²) in [6.45, 7) is 9.70. The molecule has 0 N–H and O–H groups in total. The summed E-state index contributed by atoms with van der Waals surface area (Å²) >= 11 is 0. The topological polar surface area (TPSA) is 58.3 Å². The van der Waals surface area contributed by atoms with Crippen LogP contribution in [0.1, 0.15) is 31.2 Å². The highest BCUT2D eigenvalue weighted by molar-refractivity contribution is 5.41. The highest BCUT2D eigenvalue weighted by Crippen LogP contribution is 2.34. The van der Waals surface area contributed by atoms with E-state index in [0.29, 0.717) is 5.92 Å². The molecule has 0 aliphatic carbocycles. The lowest BCUT2D eigenvalue weighted by molar-refractivity contribution is 0.305. The van der Waals surface area contributed by atoms with Gasteiger partial charge in [-0.15, -0.1) is 0 Å². The third-order valence-electron chi connectivity index (χ3n) is 5.02. The summed E-state index contributed by atoms with van der Waals surface area (Å²) in [4.78, 5) is 18.0. The van der Waals surface area contributed by atoms with Gasteiger partial charge in [0.2, 0.25) is 0 Å². The van der Waals surface area contributed by atoms with E-state index in [2.05, 4.69) is 44.7 Å². The molecule has 2 fully saturated rings. The Balaban J connectivity index is 1.39. The van der Waals surface area contributed by atoms with E-state index in [-0.39, 0.29) is 0 Å². The van der Waals surface area contributed by atoms with Crippen LogP contribution in [0.5, 0.6) is 0 Å². The molecule has 2 aromatic rings. The Morgan fingerprint density at radius 3 is 2.57 bits per heavy atom. The third kappa shape index (κ3) is 2.95. The summed E-state index contributed by atoms with van der Waals surface area (Å²) < 4.78 is 5.06. The Hall–Kier alpha value is -1.95. The normalized spacial score (nSPS) is 24.6. The van der Waals surface area contributed by atoms with Gasteiger partial charge in [-0.3, -0.25) is 4.90 Å². The molecule has 0 bridgehead atoms. The van der Waals surface area contributed by atoms with Crippen molar-refractivity contribution in [3.63, 3.8) is 0 Å². The monoisotopic (exact) mass is 313 g/mol. The fraction of sp³-hybridized carbons (Fsp3) is 0.588. The van der Waals surface area contributed by atoms with E-state index in [1.807, 2.05) is 0 Å². The molecule has 0 radical (unpaired) electrons. The minimum Gasteiger partial charge on any atom is -0.451 e. The number of rotatable bonds is 4. The molecule has 2 aromatic heterocycles. The molecular weight excluding hydrogens is 290 g/mol. The maximum atomic E-state index is 5.06. The fourth-order valence-corrected chi connectivity index (χ4v) is 3.80. The number of anilines is 1. The van der Waals surface area contributed by atoms with Gasteiger partial charge in [-0.2, -0.15) is 0 Å². The van der Waals surface area contributed by atoms with Crippen molar-refractivity contribution in [2.45, 2.75) is 26.3 Å². The minimum absolute atomic E-state index is 0.441. The quantitative estimate of drug-likeness (QED) is 0.862. The Morgan fingerprint density at radius 2 is 1.91 bits per heavy atom. The smallest absolute Gasteiger partial charge is 0.180 e. The molecule has 0 saturated carbocycles. The van der Waals surface area contributed by atoms with Crippen LogP contribution in [0, 0.1) is 11.8 Å². The van der Waals surface area contributed by atoms with E-state index in [1.165, 1.54) is 6.39 Å². The average molecular weight is 313 g/mol. The maximum Gasteiger partial charge on any atom is 0.180 e. The molecule has 0 spiro atoms. The summed E-state index contributed by atoms with van der Waals surface area (Å²) in [6.07, 6.45) is 4.96. The highest BCUT2D eigenvalue weighted by Gasteiger charge is 2.40. The van der Waals surface area contributed by atoms with Crippen molar-refractivity contribution in [3.05, 3.63) is 36.4 Å². The van der Waals surface area contributed by atoms with Crippen LogP contribution in [0.25, 0.3) is 0 Å². The first kappa shape index (κ1) is 14.6. The zero-order chi connectivity index (χ0) is 15.8. The van der Waals surface area contributed by atoms with Crippen molar-refractivity contribution in [1.29, 1.82) is 0 Å². The molecule has 6 heteroatoms. The third-order valence-corrected chi connectivity index (χ3v) is 5.02. The van der Waals surface area contributed by atoms with Crippen molar-refractivity contribution >= 4 is 5.82 Å². The van der Waals surface area contributed by atoms with Crippen LogP contribution in [0.3, 0.4) is 0 Å². The minimum atomic E-state index is 0.441. The number of likely N-dealkylation sites (tertiary alicyclic amines) is 1. The van der Waals surface area contributed by atoms with Gasteiger partial charge >= 0.3 is 0 Å². The van der Waals surface area contributed by atoms with E-state index in [9.17, 15) is 0 Å². The standard InChI is InChI=1S/C17H23N5O/c1-12(2)16-3-17(19-10-18-16)22-6-13-4-21(5-14(13)7-22)8-15-9-23-11-20-15/h3,9-14H,4-8H2,1-2H3. The molecule has 4 rings (SSSR count). The first-order valence-corrected chi connectivity index (χ1v) is 8.35. The van der Waals surface area contributed by atoms with Gasteiger partial charge in [0, 0.05) is 44.5 Å². The first-order chi connectivity index (χ1) is 11.2. The highest BCUT2D eigenvalue weighted by atomic mass is 16.3. The summed E-state index contributed by atoms with van der Waals surface area (Å²) in [5, 5.41) is 0. The summed E-state index contributed by atoms with van der Waals surface area (Å²) in [5.41, 5.74) is 2.15. The average Bonchev–Trinajstić information content (AvgIpc) is 3.24. The molecular formula is C17H23N5O. The zero-order valence-corrected chi connectivity index (χ0v) is 13.7. The van der Waals surface area contributed by atoms with Gasteiger partial charge in [-0.1, -0.05) is 13.8 Å². The predicted molar refractivity (Wildman–Crippen MR) is 87.1 cm³/mol. The molecule has 0 aromatic carbocycles. The predicted octanol–water partition coefficient (Wildman–Crippen LogP) is 2.16. The molecule has 2 unspecified atom stereocenters. The van der Waals surface area contributed by atoms with E-state index in [4.69, 9.17) is 4.42 Å². The van der Waals surface area contributed by atoms with Crippen LogP contribution in [0.15, 0.2) is 29.5 Å². The second kappa shape index (κ2) is 5.92. The number of aromatic nitrogens is 3. The lowest BCUT2D eigenvalue weighted by atomic mass is 10.0. The Labute approximate surface area is 136 Å². The second-order valence-corrected chi connectivity index (χ2v) is 7.05. The Kier molecular flexibility index (Phi) is 3.77. The van der Waals surface area contributed by atoms with Gasteiger partial charge in [-0.25, -0.2) is 15.0 Å². The molecule has 2 saturated heterocycles. The zero-order valence-electron chi connectivity index (χ0n) is 13.7. The van der Waals surface area contributed by atoms with Crippen LogP contribution in [0.2, 0.25) is 0 Å². The van der Waals surface area contributed by atoms with E-state index in [1.54, 1.807) is 12.6 Å². The Morgan fingerprint density at radius 1 is 1.13 bits per heavy atom. The lowest BCUT2D eigenvalue weighted by Crippen LogP contribution is -2.29. The van der Waals surface area contributed by atoms with Crippen LogP contribution >= 0.6 is 0 Å². The van der Waals surface area contributed by atoms with E-state index >= 15 is 0 Å². The number of oxazole rings is 1. The van der Waals surface area contributed by atoms with Crippen molar-refractivity contribution in [1.82, 2.24) is 19.9 Å². The SMILES string of the molecule is CC(C)c1cc(N2CC3CN(Cc4cocn4)CC3C2)ncn1. The number of hydrogen-bond acceptors (Lipinski definition) is 6. The van der Waals surface area contributed by atoms with Gasteiger partial charge < -0.3 is 9.32 Å².